The topological polar surface area (TPSA) is 40.5 Å². The van der Waals surface area contributed by atoms with Gasteiger partial charge in [-0.05, 0) is 17.7 Å². The zero-order valence-corrected chi connectivity index (χ0v) is 8.71. The number of hydrogen-bond acceptors (Lipinski definition) is 2. The van der Waals surface area contributed by atoms with Crippen LogP contribution in [0.25, 0.3) is 0 Å². The van der Waals surface area contributed by atoms with Gasteiger partial charge in [0.05, 0.1) is 6.10 Å². The van der Waals surface area contributed by atoms with E-state index in [0.29, 0.717) is 0 Å². The predicted octanol–water partition coefficient (Wildman–Crippen LogP) is 1.75. The van der Waals surface area contributed by atoms with Crippen LogP contribution in [-0.2, 0) is 0 Å². The average molecular weight is 267 g/mol. The van der Waals surface area contributed by atoms with Crippen molar-refractivity contribution < 1.29 is 19.0 Å². The Morgan fingerprint density at radius 2 is 1.86 bits per heavy atom. The number of hydrogen-bond donors (Lipinski definition) is 2. The van der Waals surface area contributed by atoms with E-state index in [2.05, 4.69) is 15.9 Å². The fraction of sp³-hybridized carbons (Fsp3) is 0.333. The smallest absolute Gasteiger partial charge is 0.159 e. The molecule has 2 nitrogen and oxygen atoms in total. The molecular weight excluding hydrogens is 258 g/mol. The van der Waals surface area contributed by atoms with Crippen molar-refractivity contribution in [2.24, 2.45) is 0 Å². The van der Waals surface area contributed by atoms with Crippen molar-refractivity contribution in [3.05, 3.63) is 35.4 Å². The molecule has 0 bridgehead atoms. The third-order valence-electron chi connectivity index (χ3n) is 1.81. The normalized spacial score (nSPS) is 15.2. The molecule has 2 unspecified atom stereocenters. The monoisotopic (exact) mass is 266 g/mol. The van der Waals surface area contributed by atoms with E-state index in [4.69, 9.17) is 0 Å². The molecule has 1 aromatic rings. The second-order valence-corrected chi connectivity index (χ2v) is 3.49. The van der Waals surface area contributed by atoms with Crippen molar-refractivity contribution in [3.63, 3.8) is 0 Å². The van der Waals surface area contributed by atoms with Gasteiger partial charge >= 0.3 is 0 Å². The number of halogens is 3. The number of aliphatic hydroxyl groups is 2. The molecule has 1 rings (SSSR count). The molecule has 0 aliphatic carbocycles. The van der Waals surface area contributed by atoms with Crippen molar-refractivity contribution in [1.82, 2.24) is 0 Å². The molecule has 2 N–H and O–H groups in total. The molecule has 0 spiro atoms. The van der Waals surface area contributed by atoms with Crippen molar-refractivity contribution in [2.45, 2.75) is 12.2 Å². The van der Waals surface area contributed by atoms with Crippen LogP contribution in [0.15, 0.2) is 18.2 Å². The van der Waals surface area contributed by atoms with Crippen molar-refractivity contribution in [2.75, 3.05) is 5.33 Å². The maximum Gasteiger partial charge on any atom is 0.159 e. The van der Waals surface area contributed by atoms with Crippen molar-refractivity contribution >= 4 is 15.9 Å². The highest BCUT2D eigenvalue weighted by molar-refractivity contribution is 9.09. The molecule has 0 aliphatic heterocycles. The predicted molar refractivity (Wildman–Crippen MR) is 51.1 cm³/mol. The van der Waals surface area contributed by atoms with Gasteiger partial charge in [-0.3, -0.25) is 0 Å². The summed E-state index contributed by atoms with van der Waals surface area (Å²) < 4.78 is 25.2. The lowest BCUT2D eigenvalue weighted by atomic mass is 10.1. The first-order valence-corrected chi connectivity index (χ1v) is 5.05. The molecule has 0 aromatic heterocycles. The molecule has 1 aromatic carbocycles. The first kappa shape index (κ1) is 11.6. The molecule has 0 radical (unpaired) electrons. The Bertz CT molecular complexity index is 320. The van der Waals surface area contributed by atoms with E-state index >= 15 is 0 Å². The molecule has 0 saturated heterocycles. The van der Waals surface area contributed by atoms with Crippen LogP contribution in [0, 0.1) is 11.6 Å². The molecule has 2 atom stereocenters. The molecule has 5 heteroatoms. The van der Waals surface area contributed by atoms with Gasteiger partial charge in [0.1, 0.15) is 6.10 Å². The van der Waals surface area contributed by atoms with E-state index in [1.165, 1.54) is 6.07 Å². The second-order valence-electron chi connectivity index (χ2n) is 2.84. The molecule has 78 valence electrons. The summed E-state index contributed by atoms with van der Waals surface area (Å²) in [6, 6.07) is 3.01. The second kappa shape index (κ2) is 4.82. The van der Waals surface area contributed by atoms with E-state index in [-0.39, 0.29) is 10.9 Å². The maximum atomic E-state index is 12.7. The van der Waals surface area contributed by atoms with Crippen LogP contribution in [0.4, 0.5) is 8.78 Å². The van der Waals surface area contributed by atoms with Crippen LogP contribution in [0.1, 0.15) is 11.7 Å². The summed E-state index contributed by atoms with van der Waals surface area (Å²) in [6.07, 6.45) is -2.26. The number of benzene rings is 1. The fourth-order valence-corrected chi connectivity index (χ4v) is 1.36. The minimum Gasteiger partial charge on any atom is -0.389 e. The van der Waals surface area contributed by atoms with Crippen molar-refractivity contribution in [1.29, 1.82) is 0 Å². The Morgan fingerprint density at radius 3 is 2.36 bits per heavy atom. The summed E-state index contributed by atoms with van der Waals surface area (Å²) in [7, 11) is 0. The Balaban J connectivity index is 2.91. The lowest BCUT2D eigenvalue weighted by Gasteiger charge is -2.15. The highest BCUT2D eigenvalue weighted by Crippen LogP contribution is 2.20. The van der Waals surface area contributed by atoms with Gasteiger partial charge in [-0.25, -0.2) is 8.78 Å². The molecule has 0 aliphatic rings. The summed E-state index contributed by atoms with van der Waals surface area (Å²) in [4.78, 5) is 0. The molecule has 0 fully saturated rings. The molecular formula is C9H9BrF2O2. The standard InChI is InChI=1S/C9H9BrF2O2/c10-4-8(13)9(14)5-1-2-6(11)7(12)3-5/h1-3,8-9,13-14H,4H2. The van der Waals surface area contributed by atoms with E-state index in [1.807, 2.05) is 0 Å². The van der Waals surface area contributed by atoms with Gasteiger partial charge in [0, 0.05) is 5.33 Å². The van der Waals surface area contributed by atoms with Gasteiger partial charge < -0.3 is 10.2 Å². The quantitative estimate of drug-likeness (QED) is 0.819. The number of alkyl halides is 1. The summed E-state index contributed by atoms with van der Waals surface area (Å²) in [6.45, 7) is 0. The van der Waals surface area contributed by atoms with Gasteiger partial charge in [-0.2, -0.15) is 0 Å². The van der Waals surface area contributed by atoms with E-state index in [9.17, 15) is 19.0 Å². The Hall–Kier alpha value is -0.520. The van der Waals surface area contributed by atoms with Gasteiger partial charge in [0.25, 0.3) is 0 Å². The molecule has 0 amide bonds. The summed E-state index contributed by atoms with van der Waals surface area (Å²) in [5, 5.41) is 18.8. The van der Waals surface area contributed by atoms with Crippen LogP contribution in [-0.4, -0.2) is 21.6 Å². The molecule has 14 heavy (non-hydrogen) atoms. The largest absolute Gasteiger partial charge is 0.389 e. The third-order valence-corrected chi connectivity index (χ3v) is 2.47. The summed E-state index contributed by atoms with van der Waals surface area (Å²) >= 11 is 2.97. The summed E-state index contributed by atoms with van der Waals surface area (Å²) in [5.41, 5.74) is 0.149. The average Bonchev–Trinajstić information content (AvgIpc) is 2.20. The number of rotatable bonds is 3. The lowest BCUT2D eigenvalue weighted by Crippen LogP contribution is -2.19. The zero-order valence-electron chi connectivity index (χ0n) is 7.12. The zero-order chi connectivity index (χ0) is 10.7. The van der Waals surface area contributed by atoms with Crippen LogP contribution in [0.3, 0.4) is 0 Å². The van der Waals surface area contributed by atoms with Crippen LogP contribution in [0.5, 0.6) is 0 Å². The minimum atomic E-state index is -1.22. The minimum absolute atomic E-state index is 0.149. The number of aliphatic hydroxyl groups excluding tert-OH is 2. The SMILES string of the molecule is OC(CBr)C(O)c1ccc(F)c(F)c1. The van der Waals surface area contributed by atoms with Crippen LogP contribution >= 0.6 is 15.9 Å². The lowest BCUT2D eigenvalue weighted by molar-refractivity contribution is 0.0340. The molecule has 0 saturated carbocycles. The van der Waals surface area contributed by atoms with Gasteiger partial charge in [0.15, 0.2) is 11.6 Å². The Morgan fingerprint density at radius 1 is 1.21 bits per heavy atom. The Kier molecular flexibility index (Phi) is 3.97. The van der Waals surface area contributed by atoms with Crippen molar-refractivity contribution in [3.8, 4) is 0 Å². The van der Waals surface area contributed by atoms with E-state index in [0.717, 1.165) is 12.1 Å². The third kappa shape index (κ3) is 2.50. The first-order valence-electron chi connectivity index (χ1n) is 3.93. The summed E-state index contributed by atoms with van der Waals surface area (Å²) in [5.74, 6) is -2.02. The van der Waals surface area contributed by atoms with E-state index < -0.39 is 23.8 Å². The van der Waals surface area contributed by atoms with E-state index in [1.54, 1.807) is 0 Å². The van der Waals surface area contributed by atoms with Gasteiger partial charge in [-0.1, -0.05) is 22.0 Å². The van der Waals surface area contributed by atoms with Crippen LogP contribution < -0.4 is 0 Å². The van der Waals surface area contributed by atoms with Crippen LogP contribution in [0.2, 0.25) is 0 Å². The maximum absolute atomic E-state index is 12.7. The van der Waals surface area contributed by atoms with Gasteiger partial charge in [-0.15, -0.1) is 0 Å². The Labute approximate surface area is 88.3 Å². The molecule has 0 heterocycles. The highest BCUT2D eigenvalue weighted by atomic mass is 79.9. The van der Waals surface area contributed by atoms with Gasteiger partial charge in [0.2, 0.25) is 0 Å². The highest BCUT2D eigenvalue weighted by Gasteiger charge is 2.18. The first-order chi connectivity index (χ1) is 6.56. The fourth-order valence-electron chi connectivity index (χ4n) is 1.00.